The van der Waals surface area contributed by atoms with Gasteiger partial charge in [0.15, 0.2) is 0 Å². The Morgan fingerprint density at radius 3 is 2.68 bits per heavy atom. The fraction of sp³-hybridized carbons (Fsp3) is 0.158. The van der Waals surface area contributed by atoms with Crippen molar-refractivity contribution in [1.82, 2.24) is 4.98 Å². The third-order valence-electron chi connectivity index (χ3n) is 4.52. The number of aromatic amines is 1. The normalized spacial score (nSPS) is 13.0. The van der Waals surface area contributed by atoms with Gasteiger partial charge in [0.25, 0.3) is 11.5 Å². The van der Waals surface area contributed by atoms with E-state index in [1.807, 2.05) is 12.1 Å². The summed E-state index contributed by atoms with van der Waals surface area (Å²) in [6.45, 7) is 0. The first-order chi connectivity index (χ1) is 12.0. The van der Waals surface area contributed by atoms with Crippen LogP contribution >= 0.6 is 23.2 Å². The molecule has 0 saturated heterocycles. The van der Waals surface area contributed by atoms with E-state index in [0.29, 0.717) is 21.3 Å². The van der Waals surface area contributed by atoms with Gasteiger partial charge in [-0.1, -0.05) is 29.3 Å². The number of hydrogen-bond donors (Lipinski definition) is 2. The highest BCUT2D eigenvalue weighted by molar-refractivity contribution is 6.36. The van der Waals surface area contributed by atoms with Crippen molar-refractivity contribution in [2.75, 3.05) is 5.32 Å². The Labute approximate surface area is 153 Å². The zero-order chi connectivity index (χ0) is 17.6. The summed E-state index contributed by atoms with van der Waals surface area (Å²) in [5, 5.41) is 4.60. The fourth-order valence-electron chi connectivity index (χ4n) is 3.35. The predicted molar refractivity (Wildman–Crippen MR) is 101 cm³/mol. The lowest BCUT2D eigenvalue weighted by Crippen LogP contribution is -2.14. The molecule has 2 N–H and O–H groups in total. The first-order valence-electron chi connectivity index (χ1n) is 7.97. The molecule has 2 aromatic carbocycles. The molecule has 0 spiro atoms. The maximum absolute atomic E-state index is 12.5. The van der Waals surface area contributed by atoms with Crippen LogP contribution in [0.1, 0.15) is 27.9 Å². The van der Waals surface area contributed by atoms with Crippen molar-refractivity contribution in [2.24, 2.45) is 0 Å². The van der Waals surface area contributed by atoms with E-state index in [1.54, 1.807) is 18.2 Å². The molecule has 1 aromatic heterocycles. The van der Waals surface area contributed by atoms with E-state index in [0.717, 1.165) is 41.3 Å². The largest absolute Gasteiger partial charge is 0.322 e. The number of carbonyl (C=O) groups is 1. The van der Waals surface area contributed by atoms with E-state index in [2.05, 4.69) is 10.3 Å². The second-order valence-electron chi connectivity index (χ2n) is 6.10. The molecule has 1 aliphatic rings. The van der Waals surface area contributed by atoms with E-state index < -0.39 is 0 Å². The van der Waals surface area contributed by atoms with Gasteiger partial charge in [0.2, 0.25) is 0 Å². The van der Waals surface area contributed by atoms with Gasteiger partial charge in [-0.2, -0.15) is 0 Å². The van der Waals surface area contributed by atoms with Crippen LogP contribution in [0, 0.1) is 0 Å². The maximum Gasteiger partial charge on any atom is 0.257 e. The van der Waals surface area contributed by atoms with Crippen LogP contribution in [-0.2, 0) is 12.8 Å². The third-order valence-corrected chi connectivity index (χ3v) is 5.08. The van der Waals surface area contributed by atoms with Gasteiger partial charge in [-0.3, -0.25) is 9.59 Å². The number of rotatable bonds is 2. The van der Waals surface area contributed by atoms with Crippen LogP contribution in [0.5, 0.6) is 0 Å². The Hall–Kier alpha value is -2.30. The number of nitrogens with one attached hydrogen (secondary N) is 2. The summed E-state index contributed by atoms with van der Waals surface area (Å²) in [5.74, 6) is -0.352. The Morgan fingerprint density at radius 2 is 1.84 bits per heavy atom. The molecular weight excluding hydrogens is 359 g/mol. The van der Waals surface area contributed by atoms with Gasteiger partial charge in [-0.15, -0.1) is 0 Å². The smallest absolute Gasteiger partial charge is 0.257 e. The van der Waals surface area contributed by atoms with Crippen molar-refractivity contribution < 1.29 is 4.79 Å². The number of aryl methyl sites for hydroxylation is 1. The molecule has 3 aromatic rings. The molecule has 6 heteroatoms. The number of anilines is 1. The number of aromatic nitrogens is 1. The molecule has 0 radical (unpaired) electrons. The standard InChI is InChI=1S/C19H14Cl2N2O2/c20-10-4-7-16(21)15(8-10)19(25)22-11-5-6-13-12-2-1-3-14(12)18(24)23-17(13)9-11/h4-9H,1-3H2,(H,22,25)(H,23,24). The first kappa shape index (κ1) is 16.2. The molecule has 0 atom stereocenters. The lowest BCUT2D eigenvalue weighted by atomic mass is 10.1. The van der Waals surface area contributed by atoms with E-state index >= 15 is 0 Å². The average molecular weight is 373 g/mol. The maximum atomic E-state index is 12.5. The molecular formula is C19H14Cl2N2O2. The number of halogens is 2. The molecule has 0 saturated carbocycles. The Kier molecular flexibility index (Phi) is 4.02. The van der Waals surface area contributed by atoms with Crippen LogP contribution in [0.4, 0.5) is 5.69 Å². The number of pyridine rings is 1. The van der Waals surface area contributed by atoms with Crippen LogP contribution in [0.25, 0.3) is 10.9 Å². The Bertz CT molecular complexity index is 1070. The van der Waals surface area contributed by atoms with E-state index in [1.165, 1.54) is 6.07 Å². The van der Waals surface area contributed by atoms with Gasteiger partial charge in [0.1, 0.15) is 0 Å². The molecule has 0 unspecified atom stereocenters. The van der Waals surface area contributed by atoms with Gasteiger partial charge in [0, 0.05) is 21.7 Å². The van der Waals surface area contributed by atoms with Crippen LogP contribution in [0.3, 0.4) is 0 Å². The molecule has 0 bridgehead atoms. The van der Waals surface area contributed by atoms with E-state index in [4.69, 9.17) is 23.2 Å². The monoisotopic (exact) mass is 372 g/mol. The average Bonchev–Trinajstić information content (AvgIpc) is 3.07. The molecule has 4 nitrogen and oxygen atoms in total. The second kappa shape index (κ2) is 6.21. The molecule has 0 fully saturated rings. The van der Waals surface area contributed by atoms with Crippen LogP contribution in [0.15, 0.2) is 41.2 Å². The zero-order valence-corrected chi connectivity index (χ0v) is 14.7. The van der Waals surface area contributed by atoms with Gasteiger partial charge < -0.3 is 10.3 Å². The minimum absolute atomic E-state index is 0.0404. The van der Waals surface area contributed by atoms with Crippen LogP contribution in [0.2, 0.25) is 10.0 Å². The van der Waals surface area contributed by atoms with Gasteiger partial charge in [-0.05, 0) is 55.2 Å². The van der Waals surface area contributed by atoms with E-state index in [-0.39, 0.29) is 11.5 Å². The predicted octanol–water partition coefficient (Wildman–Crippen LogP) is 4.58. The molecule has 4 rings (SSSR count). The number of amides is 1. The number of H-pyrrole nitrogens is 1. The highest BCUT2D eigenvalue weighted by atomic mass is 35.5. The summed E-state index contributed by atoms with van der Waals surface area (Å²) in [5.41, 5.74) is 3.57. The van der Waals surface area contributed by atoms with E-state index in [9.17, 15) is 9.59 Å². The second-order valence-corrected chi connectivity index (χ2v) is 6.95. The fourth-order valence-corrected chi connectivity index (χ4v) is 3.72. The lowest BCUT2D eigenvalue weighted by Gasteiger charge is -2.10. The minimum Gasteiger partial charge on any atom is -0.322 e. The van der Waals surface area contributed by atoms with Crippen molar-refractivity contribution in [3.05, 3.63) is 73.5 Å². The summed E-state index contributed by atoms with van der Waals surface area (Å²) < 4.78 is 0. The van der Waals surface area contributed by atoms with Crippen molar-refractivity contribution >= 4 is 45.7 Å². The van der Waals surface area contributed by atoms with Crippen molar-refractivity contribution in [1.29, 1.82) is 0 Å². The van der Waals surface area contributed by atoms with Gasteiger partial charge in [-0.25, -0.2) is 0 Å². The molecule has 1 aliphatic carbocycles. The summed E-state index contributed by atoms with van der Waals surface area (Å²) in [7, 11) is 0. The third kappa shape index (κ3) is 2.92. The summed E-state index contributed by atoms with van der Waals surface area (Å²) in [4.78, 5) is 27.5. The topological polar surface area (TPSA) is 62.0 Å². The molecule has 0 aliphatic heterocycles. The van der Waals surface area contributed by atoms with Gasteiger partial charge >= 0.3 is 0 Å². The summed E-state index contributed by atoms with van der Waals surface area (Å²) in [6, 6.07) is 10.3. The molecule has 126 valence electrons. The number of hydrogen-bond acceptors (Lipinski definition) is 2. The molecule has 25 heavy (non-hydrogen) atoms. The number of benzene rings is 2. The summed E-state index contributed by atoms with van der Waals surface area (Å²) >= 11 is 12.0. The lowest BCUT2D eigenvalue weighted by molar-refractivity contribution is 0.102. The first-order valence-corrected chi connectivity index (χ1v) is 8.73. The number of fused-ring (bicyclic) bond motifs is 3. The summed E-state index contributed by atoms with van der Waals surface area (Å²) in [6.07, 6.45) is 2.75. The van der Waals surface area contributed by atoms with Gasteiger partial charge in [0.05, 0.1) is 16.1 Å². The number of carbonyl (C=O) groups excluding carboxylic acids is 1. The molecule has 1 amide bonds. The highest BCUT2D eigenvalue weighted by Crippen LogP contribution is 2.28. The SMILES string of the molecule is O=C(Nc1ccc2c3c(c(=O)[nH]c2c1)CCC3)c1cc(Cl)ccc1Cl. The van der Waals surface area contributed by atoms with Crippen LogP contribution < -0.4 is 10.9 Å². The Morgan fingerprint density at radius 1 is 1.04 bits per heavy atom. The van der Waals surface area contributed by atoms with Crippen LogP contribution in [-0.4, -0.2) is 10.9 Å². The van der Waals surface area contributed by atoms with Crippen molar-refractivity contribution in [2.45, 2.75) is 19.3 Å². The minimum atomic E-state index is -0.352. The van der Waals surface area contributed by atoms with Crippen molar-refractivity contribution in [3.8, 4) is 0 Å². The zero-order valence-electron chi connectivity index (χ0n) is 13.2. The Balaban J connectivity index is 1.71. The molecule has 1 heterocycles. The highest BCUT2D eigenvalue weighted by Gasteiger charge is 2.18. The quantitative estimate of drug-likeness (QED) is 0.691. The van der Waals surface area contributed by atoms with Crippen molar-refractivity contribution in [3.63, 3.8) is 0 Å².